The number of benzene rings is 1. The third-order valence-electron chi connectivity index (χ3n) is 2.31. The minimum Gasteiger partial charge on any atom is -0.388 e. The lowest BCUT2D eigenvalue weighted by atomic mass is 10.3. The number of rotatable bonds is 3. The summed E-state index contributed by atoms with van der Waals surface area (Å²) in [4.78, 5) is 8.84. The van der Waals surface area contributed by atoms with Gasteiger partial charge in [0, 0.05) is 14.6 Å². The molecule has 98 valence electrons. The fourth-order valence-electron chi connectivity index (χ4n) is 1.48. The standard InChI is InChI=1S/C12H10Br2N4S/c1-6-5-9(11(15)19)17-12(16-6)18-10-7(13)3-2-4-8(10)14/h2-5H,1H3,(H2,15,19)(H,16,17,18). The van der Waals surface area contributed by atoms with Crippen LogP contribution in [0.3, 0.4) is 0 Å². The highest BCUT2D eigenvalue weighted by Crippen LogP contribution is 2.32. The molecule has 4 nitrogen and oxygen atoms in total. The van der Waals surface area contributed by atoms with E-state index in [1.54, 1.807) is 6.07 Å². The van der Waals surface area contributed by atoms with Gasteiger partial charge < -0.3 is 11.1 Å². The van der Waals surface area contributed by atoms with Crippen LogP contribution in [-0.4, -0.2) is 15.0 Å². The quantitative estimate of drug-likeness (QED) is 0.768. The zero-order valence-electron chi connectivity index (χ0n) is 9.95. The van der Waals surface area contributed by atoms with Crippen LogP contribution in [0.1, 0.15) is 11.4 Å². The number of nitrogens with one attached hydrogen (secondary N) is 1. The Labute approximate surface area is 133 Å². The summed E-state index contributed by atoms with van der Waals surface area (Å²) in [5.74, 6) is 0.454. The Morgan fingerprint density at radius 3 is 2.47 bits per heavy atom. The molecule has 0 bridgehead atoms. The lowest BCUT2D eigenvalue weighted by molar-refractivity contribution is 1.09. The van der Waals surface area contributed by atoms with Gasteiger partial charge in [0.2, 0.25) is 5.95 Å². The zero-order valence-corrected chi connectivity index (χ0v) is 13.9. The summed E-state index contributed by atoms with van der Waals surface area (Å²) < 4.78 is 1.81. The van der Waals surface area contributed by atoms with Gasteiger partial charge in [-0.25, -0.2) is 9.97 Å². The largest absolute Gasteiger partial charge is 0.388 e. The van der Waals surface area contributed by atoms with Gasteiger partial charge >= 0.3 is 0 Å². The number of aryl methyl sites for hydroxylation is 1. The summed E-state index contributed by atoms with van der Waals surface area (Å²) in [6.07, 6.45) is 0. The molecule has 0 aliphatic carbocycles. The fraction of sp³-hybridized carbons (Fsp3) is 0.0833. The van der Waals surface area contributed by atoms with Crippen LogP contribution in [-0.2, 0) is 0 Å². The van der Waals surface area contributed by atoms with E-state index in [1.807, 2.05) is 25.1 Å². The molecule has 0 amide bonds. The number of thiocarbonyl (C=S) groups is 1. The van der Waals surface area contributed by atoms with Gasteiger partial charge in [-0.15, -0.1) is 0 Å². The smallest absolute Gasteiger partial charge is 0.228 e. The molecule has 0 aliphatic heterocycles. The minimum atomic E-state index is 0.250. The Balaban J connectivity index is 2.41. The van der Waals surface area contributed by atoms with E-state index in [9.17, 15) is 0 Å². The summed E-state index contributed by atoms with van der Waals surface area (Å²) in [6, 6.07) is 7.54. The first-order chi connectivity index (χ1) is 8.97. The number of nitrogens with zero attached hydrogens (tertiary/aromatic N) is 2. The number of halogens is 2. The number of hydrogen-bond donors (Lipinski definition) is 2. The molecular formula is C12H10Br2N4S. The maximum absolute atomic E-state index is 5.60. The van der Waals surface area contributed by atoms with E-state index >= 15 is 0 Å². The Kier molecular flexibility index (Phi) is 4.49. The van der Waals surface area contributed by atoms with Crippen molar-refractivity contribution in [3.63, 3.8) is 0 Å². The molecule has 0 fully saturated rings. The molecule has 0 atom stereocenters. The summed E-state index contributed by atoms with van der Waals surface area (Å²) in [7, 11) is 0. The SMILES string of the molecule is Cc1cc(C(N)=S)nc(Nc2c(Br)cccc2Br)n1. The van der Waals surface area contributed by atoms with E-state index in [4.69, 9.17) is 18.0 Å². The molecule has 0 unspecified atom stereocenters. The number of anilines is 2. The van der Waals surface area contributed by atoms with Crippen LogP contribution in [0.15, 0.2) is 33.2 Å². The van der Waals surface area contributed by atoms with Crippen molar-refractivity contribution in [1.82, 2.24) is 9.97 Å². The van der Waals surface area contributed by atoms with Crippen LogP contribution in [0.25, 0.3) is 0 Å². The summed E-state index contributed by atoms with van der Waals surface area (Å²) in [5.41, 5.74) is 7.79. The van der Waals surface area contributed by atoms with Crippen molar-refractivity contribution in [1.29, 1.82) is 0 Å². The molecule has 2 rings (SSSR count). The molecular weight excluding hydrogens is 392 g/mol. The first kappa shape index (κ1) is 14.4. The molecule has 2 aromatic rings. The number of para-hydroxylation sites is 1. The molecule has 1 heterocycles. The Morgan fingerprint density at radius 2 is 1.89 bits per heavy atom. The molecule has 0 saturated carbocycles. The predicted molar refractivity (Wildman–Crippen MR) is 87.8 cm³/mol. The Hall–Kier alpha value is -1.05. The van der Waals surface area contributed by atoms with Crippen LogP contribution in [0.4, 0.5) is 11.6 Å². The molecule has 0 aliphatic rings. The second kappa shape index (κ2) is 5.94. The van der Waals surface area contributed by atoms with Crippen molar-refractivity contribution in [3.05, 3.63) is 44.6 Å². The topological polar surface area (TPSA) is 63.8 Å². The van der Waals surface area contributed by atoms with Gasteiger partial charge in [0.1, 0.15) is 10.7 Å². The molecule has 0 saturated heterocycles. The van der Waals surface area contributed by atoms with Crippen molar-refractivity contribution >= 4 is 60.7 Å². The van der Waals surface area contributed by atoms with Gasteiger partial charge in [-0.05, 0) is 57.0 Å². The molecule has 19 heavy (non-hydrogen) atoms. The van der Waals surface area contributed by atoms with E-state index in [1.165, 1.54) is 0 Å². The monoisotopic (exact) mass is 400 g/mol. The van der Waals surface area contributed by atoms with Crippen molar-refractivity contribution in [2.45, 2.75) is 6.92 Å². The third-order valence-corrected chi connectivity index (χ3v) is 3.84. The van der Waals surface area contributed by atoms with Crippen LogP contribution in [0, 0.1) is 6.92 Å². The van der Waals surface area contributed by atoms with Crippen LogP contribution >= 0.6 is 44.1 Å². The molecule has 0 spiro atoms. The molecule has 7 heteroatoms. The van der Waals surface area contributed by atoms with Crippen molar-refractivity contribution in [3.8, 4) is 0 Å². The highest BCUT2D eigenvalue weighted by atomic mass is 79.9. The lowest BCUT2D eigenvalue weighted by Crippen LogP contribution is -2.14. The van der Waals surface area contributed by atoms with E-state index in [0.717, 1.165) is 20.3 Å². The summed E-state index contributed by atoms with van der Waals surface area (Å²) in [6.45, 7) is 1.86. The van der Waals surface area contributed by atoms with E-state index in [0.29, 0.717) is 11.6 Å². The maximum Gasteiger partial charge on any atom is 0.228 e. The normalized spacial score (nSPS) is 10.3. The van der Waals surface area contributed by atoms with Gasteiger partial charge in [0.05, 0.1) is 5.69 Å². The van der Waals surface area contributed by atoms with Crippen LogP contribution in [0.5, 0.6) is 0 Å². The molecule has 1 aromatic heterocycles. The van der Waals surface area contributed by atoms with E-state index < -0.39 is 0 Å². The van der Waals surface area contributed by atoms with Crippen molar-refractivity contribution in [2.75, 3.05) is 5.32 Å². The maximum atomic E-state index is 5.60. The molecule has 0 radical (unpaired) electrons. The average molecular weight is 402 g/mol. The molecule has 1 aromatic carbocycles. The van der Waals surface area contributed by atoms with Gasteiger partial charge in [0.25, 0.3) is 0 Å². The molecule has 3 N–H and O–H groups in total. The first-order valence-corrected chi connectivity index (χ1v) is 7.33. The highest BCUT2D eigenvalue weighted by Gasteiger charge is 2.09. The third kappa shape index (κ3) is 3.49. The zero-order chi connectivity index (χ0) is 14.0. The van der Waals surface area contributed by atoms with E-state index in [-0.39, 0.29) is 4.99 Å². The van der Waals surface area contributed by atoms with Crippen molar-refractivity contribution in [2.24, 2.45) is 5.73 Å². The Morgan fingerprint density at radius 1 is 1.26 bits per heavy atom. The Bertz CT molecular complexity index is 625. The van der Waals surface area contributed by atoms with Crippen molar-refractivity contribution < 1.29 is 0 Å². The van der Waals surface area contributed by atoms with Crippen LogP contribution in [0.2, 0.25) is 0 Å². The second-order valence-corrected chi connectivity index (χ2v) is 5.95. The lowest BCUT2D eigenvalue weighted by Gasteiger charge is -2.10. The number of aromatic nitrogens is 2. The second-order valence-electron chi connectivity index (χ2n) is 3.80. The van der Waals surface area contributed by atoms with Gasteiger partial charge in [-0.1, -0.05) is 18.3 Å². The summed E-state index contributed by atoms with van der Waals surface area (Å²) >= 11 is 11.9. The minimum absolute atomic E-state index is 0.250. The first-order valence-electron chi connectivity index (χ1n) is 5.34. The number of hydrogen-bond acceptors (Lipinski definition) is 4. The predicted octanol–water partition coefficient (Wildman–Crippen LogP) is 3.69. The van der Waals surface area contributed by atoms with Gasteiger partial charge in [0.15, 0.2) is 0 Å². The van der Waals surface area contributed by atoms with Gasteiger partial charge in [-0.2, -0.15) is 0 Å². The summed E-state index contributed by atoms with van der Waals surface area (Å²) in [5, 5.41) is 3.15. The highest BCUT2D eigenvalue weighted by molar-refractivity contribution is 9.11. The fourth-order valence-corrected chi connectivity index (χ4v) is 2.78. The van der Waals surface area contributed by atoms with Crippen LogP contribution < -0.4 is 11.1 Å². The van der Waals surface area contributed by atoms with E-state index in [2.05, 4.69) is 47.1 Å². The average Bonchev–Trinajstić information content (AvgIpc) is 2.33. The number of nitrogens with two attached hydrogens (primary N) is 1. The van der Waals surface area contributed by atoms with Gasteiger partial charge in [-0.3, -0.25) is 0 Å².